The Hall–Kier alpha value is -3.59. The van der Waals surface area contributed by atoms with E-state index in [9.17, 15) is 19.2 Å². The number of rotatable bonds is 6. The average Bonchev–Trinajstić information content (AvgIpc) is 3.01. The second-order valence-corrected chi connectivity index (χ2v) is 8.04. The first-order chi connectivity index (χ1) is 16.0. The topological polar surface area (TPSA) is 100 Å². The highest BCUT2D eigenvalue weighted by atomic mass is 16.5. The molecule has 1 saturated heterocycles. The highest BCUT2D eigenvalue weighted by Crippen LogP contribution is 2.25. The van der Waals surface area contributed by atoms with Gasteiger partial charge in [0.25, 0.3) is 23.6 Å². The Bertz CT molecular complexity index is 1070. The van der Waals surface area contributed by atoms with E-state index in [1.165, 1.54) is 11.0 Å². The van der Waals surface area contributed by atoms with Gasteiger partial charge in [0.15, 0.2) is 0 Å². The lowest BCUT2D eigenvalue weighted by Gasteiger charge is -2.22. The summed E-state index contributed by atoms with van der Waals surface area (Å²) in [4.78, 5) is 59.8. The number of benzene rings is 1. The summed E-state index contributed by atoms with van der Waals surface area (Å²) in [5, 5.41) is 0. The Morgan fingerprint density at radius 2 is 1.52 bits per heavy atom. The first kappa shape index (κ1) is 22.6. The molecule has 1 fully saturated rings. The summed E-state index contributed by atoms with van der Waals surface area (Å²) >= 11 is 0. The van der Waals surface area contributed by atoms with E-state index in [0.29, 0.717) is 62.3 Å². The number of aromatic nitrogens is 1. The molecule has 33 heavy (non-hydrogen) atoms. The van der Waals surface area contributed by atoms with Crippen molar-refractivity contribution in [3.05, 3.63) is 65.0 Å². The third-order valence-corrected chi connectivity index (χ3v) is 5.95. The van der Waals surface area contributed by atoms with Gasteiger partial charge in [-0.2, -0.15) is 0 Å². The van der Waals surface area contributed by atoms with Crippen molar-refractivity contribution in [2.75, 3.05) is 46.4 Å². The smallest absolute Gasteiger partial charge is 0.261 e. The Kier molecular flexibility index (Phi) is 6.79. The number of carbonyl (C=O) groups is 4. The van der Waals surface area contributed by atoms with Crippen molar-refractivity contribution >= 4 is 23.6 Å². The van der Waals surface area contributed by atoms with Gasteiger partial charge in [-0.15, -0.1) is 0 Å². The van der Waals surface area contributed by atoms with E-state index in [1.54, 1.807) is 53.6 Å². The number of fused-ring (bicyclic) bond motifs is 1. The number of nitrogens with zero attached hydrogens (tertiary/aromatic N) is 4. The van der Waals surface area contributed by atoms with Gasteiger partial charge in [0.2, 0.25) is 0 Å². The maximum Gasteiger partial charge on any atom is 0.261 e. The van der Waals surface area contributed by atoms with Crippen LogP contribution in [0.1, 0.15) is 54.3 Å². The lowest BCUT2D eigenvalue weighted by Crippen LogP contribution is -2.37. The van der Waals surface area contributed by atoms with Crippen LogP contribution in [0.3, 0.4) is 0 Å². The summed E-state index contributed by atoms with van der Waals surface area (Å²) in [7, 11) is 1.57. The Labute approximate surface area is 191 Å². The Morgan fingerprint density at radius 1 is 0.879 bits per heavy atom. The summed E-state index contributed by atoms with van der Waals surface area (Å²) in [5.41, 5.74) is 1.51. The molecule has 2 aliphatic heterocycles. The Morgan fingerprint density at radius 3 is 2.18 bits per heavy atom. The van der Waals surface area contributed by atoms with Crippen molar-refractivity contribution in [2.24, 2.45) is 0 Å². The van der Waals surface area contributed by atoms with Crippen LogP contribution >= 0.6 is 0 Å². The fourth-order valence-electron chi connectivity index (χ4n) is 4.18. The molecular formula is C24H26N4O5. The van der Waals surface area contributed by atoms with Gasteiger partial charge in [-0.25, -0.2) is 0 Å². The van der Waals surface area contributed by atoms with Crippen LogP contribution < -0.4 is 0 Å². The summed E-state index contributed by atoms with van der Waals surface area (Å²) < 4.78 is 5.00. The largest absolute Gasteiger partial charge is 0.385 e. The van der Waals surface area contributed by atoms with Gasteiger partial charge in [0.1, 0.15) is 0 Å². The van der Waals surface area contributed by atoms with E-state index in [-0.39, 0.29) is 35.7 Å². The molecule has 0 bridgehead atoms. The molecule has 0 aliphatic carbocycles. The molecule has 2 aliphatic rings. The first-order valence-electron chi connectivity index (χ1n) is 11.0. The second-order valence-electron chi connectivity index (χ2n) is 8.04. The van der Waals surface area contributed by atoms with E-state index < -0.39 is 0 Å². The maximum atomic E-state index is 13.2. The zero-order valence-corrected chi connectivity index (χ0v) is 18.5. The van der Waals surface area contributed by atoms with Crippen LogP contribution in [0.4, 0.5) is 0 Å². The summed E-state index contributed by atoms with van der Waals surface area (Å²) in [6, 6.07) is 8.01. The van der Waals surface area contributed by atoms with Gasteiger partial charge in [0, 0.05) is 70.0 Å². The first-order valence-corrected chi connectivity index (χ1v) is 11.0. The molecule has 1 aromatic carbocycles. The van der Waals surface area contributed by atoms with Crippen LogP contribution in [0.25, 0.3) is 0 Å². The number of hydrogen-bond donors (Lipinski definition) is 0. The molecule has 0 radical (unpaired) electrons. The number of imide groups is 1. The van der Waals surface area contributed by atoms with E-state index in [0.717, 1.165) is 0 Å². The van der Waals surface area contributed by atoms with Crippen molar-refractivity contribution < 1.29 is 23.9 Å². The molecular weight excluding hydrogens is 424 g/mol. The number of ether oxygens (including phenoxy) is 1. The Balaban J connectivity index is 1.44. The zero-order valence-electron chi connectivity index (χ0n) is 18.5. The summed E-state index contributed by atoms with van der Waals surface area (Å²) in [5.74, 6) is -1.02. The van der Waals surface area contributed by atoms with Crippen molar-refractivity contribution in [3.63, 3.8) is 0 Å². The van der Waals surface area contributed by atoms with Gasteiger partial charge >= 0.3 is 0 Å². The van der Waals surface area contributed by atoms with Gasteiger partial charge < -0.3 is 14.5 Å². The van der Waals surface area contributed by atoms with Crippen molar-refractivity contribution in [1.82, 2.24) is 19.7 Å². The minimum atomic E-state index is -0.384. The minimum Gasteiger partial charge on any atom is -0.385 e. The molecule has 172 valence electrons. The SMILES string of the molecule is COCCCN1C(=O)c2ccc(C(=O)N3CCCN(C(=O)c4ccncc4)CC3)cc2C1=O. The summed E-state index contributed by atoms with van der Waals surface area (Å²) in [6.45, 7) is 2.60. The fraction of sp³-hybridized carbons (Fsp3) is 0.375. The summed E-state index contributed by atoms with van der Waals surface area (Å²) in [6.07, 6.45) is 4.37. The van der Waals surface area contributed by atoms with Gasteiger partial charge in [-0.3, -0.25) is 29.1 Å². The van der Waals surface area contributed by atoms with Crippen LogP contribution in [-0.2, 0) is 4.74 Å². The highest BCUT2D eigenvalue weighted by molar-refractivity contribution is 6.22. The average molecular weight is 450 g/mol. The van der Waals surface area contributed by atoms with Gasteiger partial charge in [-0.1, -0.05) is 0 Å². The molecule has 3 heterocycles. The molecule has 9 nitrogen and oxygen atoms in total. The zero-order chi connectivity index (χ0) is 23.4. The molecule has 4 rings (SSSR count). The molecule has 0 unspecified atom stereocenters. The van der Waals surface area contributed by atoms with E-state index >= 15 is 0 Å². The molecule has 9 heteroatoms. The predicted octanol–water partition coefficient (Wildman–Crippen LogP) is 1.70. The molecule has 0 spiro atoms. The quantitative estimate of drug-likeness (QED) is 0.491. The van der Waals surface area contributed by atoms with Crippen LogP contribution in [0.2, 0.25) is 0 Å². The van der Waals surface area contributed by atoms with Crippen molar-refractivity contribution in [3.8, 4) is 0 Å². The number of carbonyl (C=O) groups excluding carboxylic acids is 4. The van der Waals surface area contributed by atoms with Gasteiger partial charge in [0.05, 0.1) is 11.1 Å². The maximum absolute atomic E-state index is 13.2. The molecule has 0 atom stereocenters. The van der Waals surface area contributed by atoms with Gasteiger partial charge in [-0.05, 0) is 43.2 Å². The van der Waals surface area contributed by atoms with E-state index in [2.05, 4.69) is 4.98 Å². The molecule has 2 aromatic rings. The third kappa shape index (κ3) is 4.63. The monoisotopic (exact) mass is 450 g/mol. The van der Waals surface area contributed by atoms with E-state index in [1.807, 2.05) is 0 Å². The minimum absolute atomic E-state index is 0.0816. The number of hydrogen-bond acceptors (Lipinski definition) is 6. The lowest BCUT2D eigenvalue weighted by molar-refractivity contribution is 0.0637. The molecule has 0 N–H and O–H groups in total. The fourth-order valence-corrected chi connectivity index (χ4v) is 4.18. The van der Waals surface area contributed by atoms with Crippen molar-refractivity contribution in [2.45, 2.75) is 12.8 Å². The predicted molar refractivity (Wildman–Crippen MR) is 119 cm³/mol. The number of amides is 4. The standard InChI is InChI=1S/C24H26N4O5/c1-33-15-3-12-28-23(31)19-5-4-18(16-20(19)24(28)32)22(30)27-11-2-10-26(13-14-27)21(29)17-6-8-25-9-7-17/h4-9,16H,2-3,10-15H2,1H3. The highest BCUT2D eigenvalue weighted by Gasteiger charge is 2.36. The molecule has 0 saturated carbocycles. The molecule has 4 amide bonds. The number of methoxy groups -OCH3 is 1. The van der Waals surface area contributed by atoms with E-state index in [4.69, 9.17) is 4.74 Å². The third-order valence-electron chi connectivity index (χ3n) is 5.95. The number of pyridine rings is 1. The second kappa shape index (κ2) is 9.91. The van der Waals surface area contributed by atoms with Crippen LogP contribution in [0.15, 0.2) is 42.7 Å². The van der Waals surface area contributed by atoms with Crippen LogP contribution in [0.5, 0.6) is 0 Å². The van der Waals surface area contributed by atoms with Crippen LogP contribution in [0, 0.1) is 0 Å². The van der Waals surface area contributed by atoms with Crippen molar-refractivity contribution in [1.29, 1.82) is 0 Å². The molecule has 1 aromatic heterocycles. The normalized spacial score (nSPS) is 16.1. The lowest BCUT2D eigenvalue weighted by atomic mass is 10.0. The van der Waals surface area contributed by atoms with Crippen LogP contribution in [-0.4, -0.2) is 89.8 Å².